The summed E-state index contributed by atoms with van der Waals surface area (Å²) >= 11 is 0. The Bertz CT molecular complexity index is 112. The highest BCUT2D eigenvalue weighted by molar-refractivity contribution is 7.43. The fraction of sp³-hybridized carbons (Fsp3) is 1.00. The van der Waals surface area contributed by atoms with Crippen molar-refractivity contribution in [2.75, 3.05) is 12.8 Å². The van der Waals surface area contributed by atoms with Crippen molar-refractivity contribution in [2.45, 2.75) is 39.5 Å². The summed E-state index contributed by atoms with van der Waals surface area (Å²) in [4.78, 5) is 0. The fourth-order valence-corrected chi connectivity index (χ4v) is 2.66. The molecule has 0 aromatic carbocycles. The molecule has 0 spiro atoms. The summed E-state index contributed by atoms with van der Waals surface area (Å²) in [5.74, 6) is 0.728. The van der Waals surface area contributed by atoms with E-state index in [1.807, 2.05) is 6.66 Å². The quantitative estimate of drug-likeness (QED) is 0.567. The van der Waals surface area contributed by atoms with E-state index in [1.54, 1.807) is 0 Å². The molecular weight excluding hydrogens is 155 g/mol. The monoisotopic (exact) mass is 176 g/mol. The lowest BCUT2D eigenvalue weighted by Gasteiger charge is -2.11. The second-order valence-corrected chi connectivity index (χ2v) is 5.13. The number of hydrogen-bond acceptors (Lipinski definition) is 1. The van der Waals surface area contributed by atoms with Gasteiger partial charge in [0.25, 0.3) is 0 Å². The lowest BCUT2D eigenvalue weighted by atomic mass is 10.0. The van der Waals surface area contributed by atoms with Crippen LogP contribution < -0.4 is 0 Å². The molecule has 0 heterocycles. The molecule has 0 fully saturated rings. The zero-order chi connectivity index (χ0) is 8.69. The van der Waals surface area contributed by atoms with Gasteiger partial charge in [0.1, 0.15) is 0 Å². The Morgan fingerprint density at radius 3 is 2.36 bits per heavy atom. The SMILES string of the molecule is CCCCC(CC)C[PH](C)=O. The van der Waals surface area contributed by atoms with Gasteiger partial charge in [0.2, 0.25) is 0 Å². The summed E-state index contributed by atoms with van der Waals surface area (Å²) in [5, 5.41) is 0. The van der Waals surface area contributed by atoms with E-state index in [9.17, 15) is 4.57 Å². The Balaban J connectivity index is 3.49. The first-order valence-electron chi connectivity index (χ1n) is 4.70. The molecule has 0 saturated heterocycles. The Morgan fingerprint density at radius 1 is 1.36 bits per heavy atom. The lowest BCUT2D eigenvalue weighted by Crippen LogP contribution is -2.01. The van der Waals surface area contributed by atoms with Crippen LogP contribution in [0.1, 0.15) is 39.5 Å². The zero-order valence-corrected chi connectivity index (χ0v) is 9.02. The molecule has 68 valence electrons. The first-order chi connectivity index (χ1) is 5.20. The van der Waals surface area contributed by atoms with Crippen LogP contribution in [-0.2, 0) is 4.57 Å². The Morgan fingerprint density at radius 2 is 2.00 bits per heavy atom. The highest BCUT2D eigenvalue weighted by atomic mass is 31.1. The third-order valence-corrected chi connectivity index (χ3v) is 3.27. The van der Waals surface area contributed by atoms with E-state index < -0.39 is 7.80 Å². The minimum atomic E-state index is -1.23. The van der Waals surface area contributed by atoms with E-state index in [0.29, 0.717) is 0 Å². The molecule has 11 heavy (non-hydrogen) atoms. The first kappa shape index (κ1) is 11.2. The minimum absolute atomic E-state index is 0.728. The van der Waals surface area contributed by atoms with Crippen molar-refractivity contribution in [2.24, 2.45) is 5.92 Å². The van der Waals surface area contributed by atoms with Crippen molar-refractivity contribution >= 4 is 7.80 Å². The van der Waals surface area contributed by atoms with Gasteiger partial charge in [-0.2, -0.15) is 0 Å². The summed E-state index contributed by atoms with van der Waals surface area (Å²) in [6, 6.07) is 0. The minimum Gasteiger partial charge on any atom is -0.327 e. The summed E-state index contributed by atoms with van der Waals surface area (Å²) in [6.45, 7) is 6.28. The molecule has 0 N–H and O–H groups in total. The van der Waals surface area contributed by atoms with Crippen molar-refractivity contribution in [3.05, 3.63) is 0 Å². The molecule has 0 bridgehead atoms. The summed E-state index contributed by atoms with van der Waals surface area (Å²) in [7, 11) is -1.23. The predicted molar refractivity (Wildman–Crippen MR) is 53.1 cm³/mol. The van der Waals surface area contributed by atoms with Gasteiger partial charge in [0.05, 0.1) is 7.80 Å². The van der Waals surface area contributed by atoms with Gasteiger partial charge in [-0.15, -0.1) is 0 Å². The Kier molecular flexibility index (Phi) is 7.06. The highest BCUT2D eigenvalue weighted by Crippen LogP contribution is 2.24. The van der Waals surface area contributed by atoms with Crippen molar-refractivity contribution < 1.29 is 4.57 Å². The molecular formula is C9H21OP. The number of unbranched alkanes of at least 4 members (excludes halogenated alkanes) is 1. The summed E-state index contributed by atoms with van der Waals surface area (Å²) < 4.78 is 11.0. The van der Waals surface area contributed by atoms with Crippen molar-refractivity contribution in [3.8, 4) is 0 Å². The van der Waals surface area contributed by atoms with E-state index in [1.165, 1.54) is 25.7 Å². The van der Waals surface area contributed by atoms with Crippen molar-refractivity contribution in [1.82, 2.24) is 0 Å². The van der Waals surface area contributed by atoms with E-state index in [2.05, 4.69) is 13.8 Å². The summed E-state index contributed by atoms with van der Waals surface area (Å²) in [5.41, 5.74) is 0. The molecule has 1 nitrogen and oxygen atoms in total. The van der Waals surface area contributed by atoms with Gasteiger partial charge >= 0.3 is 0 Å². The van der Waals surface area contributed by atoms with E-state index in [-0.39, 0.29) is 0 Å². The molecule has 0 rings (SSSR count). The smallest absolute Gasteiger partial charge is 0.0735 e. The molecule has 0 aromatic rings. The average molecular weight is 176 g/mol. The fourth-order valence-electron chi connectivity index (χ4n) is 1.35. The first-order valence-corrected chi connectivity index (χ1v) is 6.81. The largest absolute Gasteiger partial charge is 0.327 e. The molecule has 0 radical (unpaired) electrons. The number of rotatable bonds is 6. The maximum atomic E-state index is 11.0. The third kappa shape index (κ3) is 6.62. The zero-order valence-electron chi connectivity index (χ0n) is 8.02. The number of hydrogen-bond donors (Lipinski definition) is 0. The maximum Gasteiger partial charge on any atom is 0.0735 e. The topological polar surface area (TPSA) is 17.1 Å². The van der Waals surface area contributed by atoms with Gasteiger partial charge < -0.3 is 4.57 Å². The van der Waals surface area contributed by atoms with Gasteiger partial charge in [-0.3, -0.25) is 0 Å². The standard InChI is InChI=1S/C9H21OP/c1-4-6-7-9(5-2)8-11(3)10/h9,11H,4-8H2,1-3H3. The predicted octanol–water partition coefficient (Wildman–Crippen LogP) is 3.39. The molecule has 0 aliphatic carbocycles. The van der Waals surface area contributed by atoms with E-state index in [4.69, 9.17) is 0 Å². The van der Waals surface area contributed by atoms with Crippen LogP contribution in [0.2, 0.25) is 0 Å². The molecule has 2 heteroatoms. The molecule has 2 unspecified atom stereocenters. The van der Waals surface area contributed by atoms with Gasteiger partial charge in [-0.25, -0.2) is 0 Å². The summed E-state index contributed by atoms with van der Waals surface area (Å²) in [6.07, 6.45) is 6.01. The molecule has 0 aromatic heterocycles. The highest BCUT2D eigenvalue weighted by Gasteiger charge is 2.06. The molecule has 2 atom stereocenters. The van der Waals surface area contributed by atoms with E-state index in [0.717, 1.165) is 12.1 Å². The van der Waals surface area contributed by atoms with Crippen molar-refractivity contribution in [1.29, 1.82) is 0 Å². The Labute approximate surface area is 71.4 Å². The van der Waals surface area contributed by atoms with Crippen LogP contribution in [0.4, 0.5) is 0 Å². The molecule has 0 amide bonds. The van der Waals surface area contributed by atoms with Crippen LogP contribution in [0, 0.1) is 5.92 Å². The normalized spacial score (nSPS) is 16.3. The maximum absolute atomic E-state index is 11.0. The van der Waals surface area contributed by atoms with Crippen LogP contribution in [0.5, 0.6) is 0 Å². The van der Waals surface area contributed by atoms with Gasteiger partial charge in [-0.05, 0) is 12.6 Å². The van der Waals surface area contributed by atoms with Crippen LogP contribution in [0.3, 0.4) is 0 Å². The second-order valence-electron chi connectivity index (χ2n) is 3.32. The van der Waals surface area contributed by atoms with Gasteiger partial charge in [-0.1, -0.05) is 39.5 Å². The molecule has 0 saturated carbocycles. The molecule has 0 aliphatic rings. The lowest BCUT2D eigenvalue weighted by molar-refractivity contribution is 0.488. The third-order valence-electron chi connectivity index (χ3n) is 2.12. The van der Waals surface area contributed by atoms with Crippen LogP contribution >= 0.6 is 7.80 Å². The Hall–Kier alpha value is 0.230. The van der Waals surface area contributed by atoms with Gasteiger partial charge in [0.15, 0.2) is 0 Å². The van der Waals surface area contributed by atoms with Crippen molar-refractivity contribution in [3.63, 3.8) is 0 Å². The second kappa shape index (κ2) is 6.91. The van der Waals surface area contributed by atoms with Crippen LogP contribution in [0.15, 0.2) is 0 Å². The van der Waals surface area contributed by atoms with Crippen LogP contribution in [0.25, 0.3) is 0 Å². The average Bonchev–Trinajstić information content (AvgIpc) is 1.97. The van der Waals surface area contributed by atoms with Crippen LogP contribution in [-0.4, -0.2) is 12.8 Å². The molecule has 0 aliphatic heterocycles. The van der Waals surface area contributed by atoms with Gasteiger partial charge in [0, 0.05) is 6.16 Å². The van der Waals surface area contributed by atoms with E-state index >= 15 is 0 Å².